The van der Waals surface area contributed by atoms with E-state index in [0.29, 0.717) is 33.9 Å². The Kier molecular flexibility index (Phi) is 8.36. The predicted molar refractivity (Wildman–Crippen MR) is 126 cm³/mol. The predicted octanol–water partition coefficient (Wildman–Crippen LogP) is 5.42. The number of carbonyl (C=O) groups excluding carboxylic acids is 1. The number of ether oxygens (including phenoxy) is 3. The summed E-state index contributed by atoms with van der Waals surface area (Å²) < 4.78 is 16.7. The molecule has 32 heavy (non-hydrogen) atoms. The van der Waals surface area contributed by atoms with Crippen LogP contribution in [0.25, 0.3) is 0 Å². The van der Waals surface area contributed by atoms with Gasteiger partial charge >= 0.3 is 0 Å². The minimum absolute atomic E-state index is 0.169. The van der Waals surface area contributed by atoms with E-state index in [1.54, 1.807) is 43.5 Å². The fraction of sp³-hybridized carbons (Fsp3) is 0.167. The fourth-order valence-electron chi connectivity index (χ4n) is 2.78. The number of nitrogens with one attached hydrogen (secondary N) is 1. The highest BCUT2D eigenvalue weighted by molar-refractivity contribution is 6.31. The van der Waals surface area contributed by atoms with Crippen molar-refractivity contribution in [2.75, 3.05) is 13.7 Å². The monoisotopic (exact) mass is 472 g/mol. The normalized spacial score (nSPS) is 10.8. The van der Waals surface area contributed by atoms with Crippen molar-refractivity contribution in [2.45, 2.75) is 13.5 Å². The number of hydrogen-bond donors (Lipinski definition) is 1. The summed E-state index contributed by atoms with van der Waals surface area (Å²) in [4.78, 5) is 12.0. The lowest BCUT2D eigenvalue weighted by atomic mass is 10.2. The molecule has 0 atom stereocenters. The third-order valence-corrected chi connectivity index (χ3v) is 5.03. The van der Waals surface area contributed by atoms with Crippen molar-refractivity contribution >= 4 is 35.3 Å². The Bertz CT molecular complexity index is 1120. The summed E-state index contributed by atoms with van der Waals surface area (Å²) in [5.41, 5.74) is 4.87. The molecule has 1 amide bonds. The maximum atomic E-state index is 12.0. The number of amides is 1. The van der Waals surface area contributed by atoms with Crippen LogP contribution in [0.5, 0.6) is 17.2 Å². The average Bonchev–Trinajstić information content (AvgIpc) is 2.78. The van der Waals surface area contributed by atoms with E-state index >= 15 is 0 Å². The lowest BCUT2D eigenvalue weighted by Gasteiger charge is -2.12. The molecule has 0 bridgehead atoms. The number of rotatable bonds is 9. The van der Waals surface area contributed by atoms with Crippen molar-refractivity contribution in [3.05, 3.63) is 87.4 Å². The third-order valence-electron chi connectivity index (χ3n) is 4.43. The second-order valence-electron chi connectivity index (χ2n) is 6.78. The molecular weight excluding hydrogens is 451 g/mol. The summed E-state index contributed by atoms with van der Waals surface area (Å²) in [6.45, 7) is 2.00. The molecule has 0 unspecified atom stereocenters. The van der Waals surface area contributed by atoms with E-state index in [0.717, 1.165) is 16.7 Å². The molecule has 0 fully saturated rings. The van der Waals surface area contributed by atoms with E-state index in [2.05, 4.69) is 10.5 Å². The van der Waals surface area contributed by atoms with Gasteiger partial charge in [-0.25, -0.2) is 5.43 Å². The van der Waals surface area contributed by atoms with Gasteiger partial charge in [0.2, 0.25) is 0 Å². The first kappa shape index (κ1) is 23.4. The highest BCUT2D eigenvalue weighted by Gasteiger charge is 2.08. The second-order valence-corrected chi connectivity index (χ2v) is 7.63. The number of hydrazone groups is 1. The van der Waals surface area contributed by atoms with Gasteiger partial charge < -0.3 is 14.2 Å². The van der Waals surface area contributed by atoms with Gasteiger partial charge in [-0.3, -0.25) is 4.79 Å². The van der Waals surface area contributed by atoms with Gasteiger partial charge in [0, 0.05) is 15.6 Å². The summed E-state index contributed by atoms with van der Waals surface area (Å²) in [5, 5.41) is 5.21. The van der Waals surface area contributed by atoms with E-state index in [1.165, 1.54) is 6.21 Å². The first-order chi connectivity index (χ1) is 15.5. The summed E-state index contributed by atoms with van der Waals surface area (Å²) in [5.74, 6) is 1.31. The smallest absolute Gasteiger partial charge is 0.277 e. The van der Waals surface area contributed by atoms with Crippen molar-refractivity contribution in [3.63, 3.8) is 0 Å². The van der Waals surface area contributed by atoms with Crippen molar-refractivity contribution in [3.8, 4) is 17.2 Å². The van der Waals surface area contributed by atoms with Crippen molar-refractivity contribution in [2.24, 2.45) is 5.10 Å². The molecule has 3 aromatic rings. The maximum Gasteiger partial charge on any atom is 0.277 e. The number of benzene rings is 3. The molecule has 0 saturated heterocycles. The Balaban J connectivity index is 1.53. The van der Waals surface area contributed by atoms with Crippen LogP contribution in [0.1, 0.15) is 16.7 Å². The Morgan fingerprint density at radius 2 is 1.78 bits per heavy atom. The van der Waals surface area contributed by atoms with E-state index in [4.69, 9.17) is 37.4 Å². The summed E-state index contributed by atoms with van der Waals surface area (Å²) in [7, 11) is 1.55. The van der Waals surface area contributed by atoms with Gasteiger partial charge in [0.1, 0.15) is 12.4 Å². The highest BCUT2D eigenvalue weighted by Crippen LogP contribution is 2.29. The SMILES string of the molecule is COc1cc(C=NNC(=O)COc2ccc(Cl)cc2C)ccc1OCc1ccccc1Cl. The number of carbonyl (C=O) groups is 1. The van der Waals surface area contributed by atoms with Crippen LogP contribution in [0.4, 0.5) is 0 Å². The largest absolute Gasteiger partial charge is 0.493 e. The van der Waals surface area contributed by atoms with Gasteiger partial charge in [0.05, 0.1) is 13.3 Å². The number of aryl methyl sites for hydroxylation is 1. The Morgan fingerprint density at radius 1 is 1.00 bits per heavy atom. The van der Waals surface area contributed by atoms with Crippen LogP contribution in [-0.4, -0.2) is 25.8 Å². The van der Waals surface area contributed by atoms with Crippen molar-refractivity contribution in [1.82, 2.24) is 5.43 Å². The lowest BCUT2D eigenvalue weighted by Crippen LogP contribution is -2.24. The molecule has 1 N–H and O–H groups in total. The van der Waals surface area contributed by atoms with Crippen molar-refractivity contribution < 1.29 is 19.0 Å². The Morgan fingerprint density at radius 3 is 2.53 bits per heavy atom. The van der Waals surface area contributed by atoms with Crippen LogP contribution in [0.2, 0.25) is 10.0 Å². The zero-order valence-corrected chi connectivity index (χ0v) is 19.1. The van der Waals surface area contributed by atoms with Crippen LogP contribution in [0.3, 0.4) is 0 Å². The molecule has 0 radical (unpaired) electrons. The first-order valence-electron chi connectivity index (χ1n) is 9.71. The molecule has 0 aliphatic heterocycles. The van der Waals surface area contributed by atoms with Crippen LogP contribution in [0, 0.1) is 6.92 Å². The van der Waals surface area contributed by atoms with Gasteiger partial charge in [0.15, 0.2) is 18.1 Å². The minimum atomic E-state index is -0.387. The van der Waals surface area contributed by atoms with Crippen LogP contribution in [-0.2, 0) is 11.4 Å². The first-order valence-corrected chi connectivity index (χ1v) is 10.5. The van der Waals surface area contributed by atoms with E-state index in [1.807, 2.05) is 31.2 Å². The van der Waals surface area contributed by atoms with Crippen LogP contribution < -0.4 is 19.6 Å². The van der Waals surface area contributed by atoms with Gasteiger partial charge in [0.25, 0.3) is 5.91 Å². The molecule has 166 valence electrons. The quantitative estimate of drug-likeness (QED) is 0.333. The molecular formula is C24H22Cl2N2O4. The van der Waals surface area contributed by atoms with E-state index in [-0.39, 0.29) is 12.5 Å². The molecule has 8 heteroatoms. The Labute approximate surface area is 196 Å². The zero-order valence-electron chi connectivity index (χ0n) is 17.6. The third kappa shape index (κ3) is 6.64. The molecule has 0 saturated carbocycles. The zero-order chi connectivity index (χ0) is 22.9. The van der Waals surface area contributed by atoms with Gasteiger partial charge in [-0.2, -0.15) is 5.10 Å². The molecule has 6 nitrogen and oxygen atoms in total. The van der Waals surface area contributed by atoms with Gasteiger partial charge in [-0.1, -0.05) is 41.4 Å². The molecule has 0 aliphatic carbocycles. The highest BCUT2D eigenvalue weighted by atomic mass is 35.5. The summed E-state index contributed by atoms with van der Waals surface area (Å²) in [6.07, 6.45) is 1.51. The number of hydrogen-bond acceptors (Lipinski definition) is 5. The number of nitrogens with zero attached hydrogens (tertiary/aromatic N) is 1. The number of halogens is 2. The Hall–Kier alpha value is -3.22. The molecule has 3 aromatic carbocycles. The van der Waals surface area contributed by atoms with E-state index < -0.39 is 0 Å². The standard InChI is InChI=1S/C24H22Cl2N2O4/c1-16-11-19(25)8-10-21(16)32-15-24(29)28-27-13-17-7-9-22(23(12-17)30-2)31-14-18-5-3-4-6-20(18)26/h3-13H,14-15H2,1-2H3,(H,28,29). The minimum Gasteiger partial charge on any atom is -0.493 e. The molecule has 0 aliphatic rings. The van der Waals surface area contributed by atoms with Gasteiger partial charge in [-0.15, -0.1) is 0 Å². The fourth-order valence-corrected chi connectivity index (χ4v) is 3.20. The summed E-state index contributed by atoms with van der Waals surface area (Å²) in [6, 6.07) is 18.0. The van der Waals surface area contributed by atoms with E-state index in [9.17, 15) is 4.79 Å². The van der Waals surface area contributed by atoms with Crippen LogP contribution in [0.15, 0.2) is 65.8 Å². The number of methoxy groups -OCH3 is 1. The van der Waals surface area contributed by atoms with Gasteiger partial charge in [-0.05, 0) is 60.5 Å². The van der Waals surface area contributed by atoms with Crippen LogP contribution >= 0.6 is 23.2 Å². The van der Waals surface area contributed by atoms with Crippen molar-refractivity contribution in [1.29, 1.82) is 0 Å². The average molecular weight is 473 g/mol. The second kappa shape index (κ2) is 11.4. The molecule has 0 aromatic heterocycles. The topological polar surface area (TPSA) is 69.2 Å². The molecule has 0 heterocycles. The lowest BCUT2D eigenvalue weighted by molar-refractivity contribution is -0.123. The summed E-state index contributed by atoms with van der Waals surface area (Å²) >= 11 is 12.1. The molecule has 0 spiro atoms. The maximum absolute atomic E-state index is 12.0. The molecule has 3 rings (SSSR count).